The molecule has 1 amide bonds. The molecule has 4 heteroatoms. The lowest BCUT2D eigenvalue weighted by Gasteiger charge is -2.17. The van der Waals surface area contributed by atoms with Crippen LogP contribution in [0.2, 0.25) is 0 Å². The Morgan fingerprint density at radius 2 is 2.32 bits per heavy atom. The third kappa shape index (κ3) is 4.41. The molecule has 1 fully saturated rings. The second-order valence-corrected chi connectivity index (χ2v) is 4.57. The molecule has 0 aromatic heterocycles. The Hall–Kier alpha value is -1.81. The Morgan fingerprint density at radius 1 is 1.53 bits per heavy atom. The molecule has 0 radical (unpaired) electrons. The summed E-state index contributed by atoms with van der Waals surface area (Å²) in [5.74, 6) is 0. The molecular weight excluding hydrogens is 242 g/mol. The first-order valence-electron chi connectivity index (χ1n) is 6.49. The molecule has 0 spiro atoms. The van der Waals surface area contributed by atoms with Gasteiger partial charge in [-0.2, -0.15) is 0 Å². The molecule has 0 aliphatic carbocycles. The minimum Gasteiger partial charge on any atom is -0.444 e. The van der Waals surface area contributed by atoms with Gasteiger partial charge in [-0.3, -0.25) is 0 Å². The number of carbonyl (C=O) groups is 1. The van der Waals surface area contributed by atoms with E-state index in [2.05, 4.69) is 11.9 Å². The van der Waals surface area contributed by atoms with Gasteiger partial charge in [-0.1, -0.05) is 36.4 Å². The molecule has 2 rings (SSSR count). The molecular formula is C15H19NO3. The monoisotopic (exact) mass is 261 g/mol. The maximum Gasteiger partial charge on any atom is 0.407 e. The average molecular weight is 261 g/mol. The maximum atomic E-state index is 11.7. The SMILES string of the molecule is C=C[C@H](Cc1ccccc1)NC(=O)O[C@H]1CCOC1. The van der Waals surface area contributed by atoms with Crippen LogP contribution in [0.25, 0.3) is 0 Å². The van der Waals surface area contributed by atoms with Crippen LogP contribution in [0.1, 0.15) is 12.0 Å². The lowest BCUT2D eigenvalue weighted by Crippen LogP contribution is -2.37. The van der Waals surface area contributed by atoms with Gasteiger partial charge in [0.15, 0.2) is 0 Å². The third-order valence-corrected chi connectivity index (χ3v) is 3.05. The quantitative estimate of drug-likeness (QED) is 0.827. The second kappa shape index (κ2) is 6.95. The summed E-state index contributed by atoms with van der Waals surface area (Å²) < 4.78 is 10.4. The second-order valence-electron chi connectivity index (χ2n) is 4.57. The molecule has 1 aliphatic rings. The van der Waals surface area contributed by atoms with Gasteiger partial charge in [0.2, 0.25) is 0 Å². The minimum atomic E-state index is -0.406. The van der Waals surface area contributed by atoms with E-state index in [-0.39, 0.29) is 12.1 Å². The zero-order valence-electron chi connectivity index (χ0n) is 10.9. The van der Waals surface area contributed by atoms with Crippen molar-refractivity contribution < 1.29 is 14.3 Å². The molecule has 4 nitrogen and oxygen atoms in total. The average Bonchev–Trinajstić information content (AvgIpc) is 2.92. The van der Waals surface area contributed by atoms with E-state index in [4.69, 9.17) is 9.47 Å². The molecule has 1 N–H and O–H groups in total. The highest BCUT2D eigenvalue weighted by Gasteiger charge is 2.20. The molecule has 1 aromatic rings. The van der Waals surface area contributed by atoms with Crippen molar-refractivity contribution >= 4 is 6.09 Å². The van der Waals surface area contributed by atoms with E-state index in [9.17, 15) is 4.79 Å². The van der Waals surface area contributed by atoms with Gasteiger partial charge in [0.05, 0.1) is 19.3 Å². The van der Waals surface area contributed by atoms with Crippen molar-refractivity contribution in [2.45, 2.75) is 25.0 Å². The standard InChI is InChI=1S/C15H19NO3/c1-2-13(10-12-6-4-3-5-7-12)16-15(17)19-14-8-9-18-11-14/h2-7,13-14H,1,8-11H2,(H,16,17)/t13-,14+/m1/s1. The summed E-state index contributed by atoms with van der Waals surface area (Å²) >= 11 is 0. The van der Waals surface area contributed by atoms with E-state index in [1.54, 1.807) is 6.08 Å². The summed E-state index contributed by atoms with van der Waals surface area (Å²) in [7, 11) is 0. The van der Waals surface area contributed by atoms with Crippen LogP contribution < -0.4 is 5.32 Å². The van der Waals surface area contributed by atoms with Crippen molar-refractivity contribution in [1.82, 2.24) is 5.32 Å². The maximum absolute atomic E-state index is 11.7. The van der Waals surface area contributed by atoms with Crippen molar-refractivity contribution in [3.05, 3.63) is 48.6 Å². The van der Waals surface area contributed by atoms with Gasteiger partial charge in [-0.15, -0.1) is 6.58 Å². The highest BCUT2D eigenvalue weighted by Crippen LogP contribution is 2.09. The molecule has 0 unspecified atom stereocenters. The van der Waals surface area contributed by atoms with Crippen molar-refractivity contribution in [3.8, 4) is 0 Å². The predicted octanol–water partition coefficient (Wildman–Crippen LogP) is 2.30. The van der Waals surface area contributed by atoms with Crippen molar-refractivity contribution in [2.24, 2.45) is 0 Å². The Bertz CT molecular complexity index is 413. The number of ether oxygens (including phenoxy) is 2. The number of nitrogens with one attached hydrogen (secondary N) is 1. The fourth-order valence-corrected chi connectivity index (χ4v) is 2.00. The van der Waals surface area contributed by atoms with Crippen molar-refractivity contribution in [1.29, 1.82) is 0 Å². The van der Waals surface area contributed by atoms with E-state index < -0.39 is 6.09 Å². The van der Waals surface area contributed by atoms with Crippen LogP contribution >= 0.6 is 0 Å². The van der Waals surface area contributed by atoms with E-state index in [0.29, 0.717) is 19.6 Å². The van der Waals surface area contributed by atoms with Crippen molar-refractivity contribution in [2.75, 3.05) is 13.2 Å². The summed E-state index contributed by atoms with van der Waals surface area (Å²) in [4.78, 5) is 11.7. The zero-order valence-corrected chi connectivity index (χ0v) is 10.9. The molecule has 1 aromatic carbocycles. The van der Waals surface area contributed by atoms with Gasteiger partial charge in [-0.05, 0) is 12.0 Å². The van der Waals surface area contributed by atoms with Crippen LogP contribution in [-0.4, -0.2) is 31.5 Å². The number of benzene rings is 1. The molecule has 19 heavy (non-hydrogen) atoms. The van der Waals surface area contributed by atoms with E-state index in [0.717, 1.165) is 12.0 Å². The Labute approximate surface area is 113 Å². The number of hydrogen-bond donors (Lipinski definition) is 1. The predicted molar refractivity (Wildman–Crippen MR) is 73.0 cm³/mol. The Morgan fingerprint density at radius 3 is 2.95 bits per heavy atom. The van der Waals surface area contributed by atoms with Gasteiger partial charge >= 0.3 is 6.09 Å². The first-order chi connectivity index (χ1) is 9.28. The molecule has 0 bridgehead atoms. The smallest absolute Gasteiger partial charge is 0.407 e. The number of alkyl carbamates (subject to hydrolysis) is 1. The fourth-order valence-electron chi connectivity index (χ4n) is 2.00. The Balaban J connectivity index is 1.81. The summed E-state index contributed by atoms with van der Waals surface area (Å²) in [5, 5.41) is 2.81. The normalized spacial score (nSPS) is 19.7. The fraction of sp³-hybridized carbons (Fsp3) is 0.400. The van der Waals surface area contributed by atoms with Gasteiger partial charge in [0, 0.05) is 6.42 Å². The first-order valence-corrected chi connectivity index (χ1v) is 6.49. The summed E-state index contributed by atoms with van der Waals surface area (Å²) in [6.07, 6.45) is 2.67. The van der Waals surface area contributed by atoms with Gasteiger partial charge in [0.25, 0.3) is 0 Å². The third-order valence-electron chi connectivity index (χ3n) is 3.05. The van der Waals surface area contributed by atoms with Crippen molar-refractivity contribution in [3.63, 3.8) is 0 Å². The summed E-state index contributed by atoms with van der Waals surface area (Å²) in [6, 6.07) is 9.83. The zero-order chi connectivity index (χ0) is 13.5. The topological polar surface area (TPSA) is 47.6 Å². The molecule has 1 heterocycles. The number of hydrogen-bond acceptors (Lipinski definition) is 3. The van der Waals surface area contributed by atoms with Gasteiger partial charge in [-0.25, -0.2) is 4.79 Å². The van der Waals surface area contributed by atoms with Crippen LogP contribution in [0.4, 0.5) is 4.79 Å². The first kappa shape index (κ1) is 13.6. The van der Waals surface area contributed by atoms with E-state index >= 15 is 0 Å². The Kier molecular flexibility index (Phi) is 4.98. The lowest BCUT2D eigenvalue weighted by atomic mass is 10.1. The number of carbonyl (C=O) groups excluding carboxylic acids is 1. The van der Waals surface area contributed by atoms with Crippen LogP contribution in [0, 0.1) is 0 Å². The lowest BCUT2D eigenvalue weighted by molar-refractivity contribution is 0.0819. The van der Waals surface area contributed by atoms with E-state index in [1.165, 1.54) is 0 Å². The molecule has 1 saturated heterocycles. The number of rotatable bonds is 5. The van der Waals surface area contributed by atoms with Crippen LogP contribution in [0.15, 0.2) is 43.0 Å². The van der Waals surface area contributed by atoms with Crippen LogP contribution in [0.3, 0.4) is 0 Å². The number of amides is 1. The largest absolute Gasteiger partial charge is 0.444 e. The van der Waals surface area contributed by atoms with Gasteiger partial charge in [0.1, 0.15) is 6.10 Å². The summed E-state index contributed by atoms with van der Waals surface area (Å²) in [5.41, 5.74) is 1.15. The molecule has 102 valence electrons. The van der Waals surface area contributed by atoms with E-state index in [1.807, 2.05) is 30.3 Å². The highest BCUT2D eigenvalue weighted by molar-refractivity contribution is 5.68. The minimum absolute atomic E-state index is 0.123. The highest BCUT2D eigenvalue weighted by atomic mass is 16.6. The van der Waals surface area contributed by atoms with Crippen LogP contribution in [-0.2, 0) is 15.9 Å². The van der Waals surface area contributed by atoms with Gasteiger partial charge < -0.3 is 14.8 Å². The molecule has 2 atom stereocenters. The van der Waals surface area contributed by atoms with Crippen LogP contribution in [0.5, 0.6) is 0 Å². The molecule has 1 aliphatic heterocycles. The summed E-state index contributed by atoms with van der Waals surface area (Å²) in [6.45, 7) is 4.90. The molecule has 0 saturated carbocycles.